The van der Waals surface area contributed by atoms with Gasteiger partial charge in [0, 0.05) is 31.2 Å². The van der Waals surface area contributed by atoms with E-state index in [1.54, 1.807) is 6.33 Å². The minimum Gasteiger partial charge on any atom is -0.356 e. The van der Waals surface area contributed by atoms with Gasteiger partial charge in [0.15, 0.2) is 0 Å². The van der Waals surface area contributed by atoms with E-state index in [1.807, 2.05) is 12.3 Å². The zero-order valence-electron chi connectivity index (χ0n) is 10.2. The molecule has 0 radical (unpaired) electrons. The fraction of sp³-hybridized carbons (Fsp3) is 0.692. The predicted molar refractivity (Wildman–Crippen MR) is 68.0 cm³/mol. The minimum absolute atomic E-state index is 0.488. The van der Waals surface area contributed by atoms with Gasteiger partial charge in [0.25, 0.3) is 0 Å². The molecule has 3 heterocycles. The molecule has 0 aromatic carbocycles. The van der Waals surface area contributed by atoms with Crippen LogP contribution < -0.4 is 10.2 Å². The average Bonchev–Trinajstić information content (AvgIpc) is 2.41. The van der Waals surface area contributed by atoms with Gasteiger partial charge in [-0.25, -0.2) is 9.97 Å². The van der Waals surface area contributed by atoms with Crippen molar-refractivity contribution in [2.45, 2.75) is 25.7 Å². The maximum Gasteiger partial charge on any atom is 0.131 e. The largest absolute Gasteiger partial charge is 0.356 e. The summed E-state index contributed by atoms with van der Waals surface area (Å²) in [6.45, 7) is 4.65. The van der Waals surface area contributed by atoms with Crippen LogP contribution in [0.4, 0.5) is 5.82 Å². The van der Waals surface area contributed by atoms with Crippen molar-refractivity contribution in [2.24, 2.45) is 5.41 Å². The van der Waals surface area contributed by atoms with Crippen molar-refractivity contribution < 1.29 is 0 Å². The van der Waals surface area contributed by atoms with Crippen LogP contribution in [0.15, 0.2) is 18.6 Å². The van der Waals surface area contributed by atoms with Crippen molar-refractivity contribution in [1.29, 1.82) is 0 Å². The number of anilines is 1. The van der Waals surface area contributed by atoms with Crippen LogP contribution in [-0.2, 0) is 0 Å². The average molecular weight is 232 g/mol. The van der Waals surface area contributed by atoms with Gasteiger partial charge >= 0.3 is 0 Å². The van der Waals surface area contributed by atoms with Gasteiger partial charge in [-0.15, -0.1) is 0 Å². The number of nitrogens with one attached hydrogen (secondary N) is 1. The van der Waals surface area contributed by atoms with Crippen molar-refractivity contribution in [2.75, 3.05) is 31.1 Å². The number of hydrogen-bond donors (Lipinski definition) is 1. The van der Waals surface area contributed by atoms with Crippen LogP contribution in [0.5, 0.6) is 0 Å². The Kier molecular flexibility index (Phi) is 2.97. The number of rotatable bonds is 1. The molecule has 1 N–H and O–H groups in total. The van der Waals surface area contributed by atoms with Crippen LogP contribution in [0.25, 0.3) is 0 Å². The fourth-order valence-corrected chi connectivity index (χ4v) is 3.25. The fourth-order valence-electron chi connectivity index (χ4n) is 3.25. The summed E-state index contributed by atoms with van der Waals surface area (Å²) in [5.74, 6) is 1.09. The lowest BCUT2D eigenvalue weighted by atomic mass is 9.74. The molecule has 2 fully saturated rings. The molecule has 0 bridgehead atoms. The van der Waals surface area contributed by atoms with Gasteiger partial charge in [-0.05, 0) is 38.3 Å². The summed E-state index contributed by atoms with van der Waals surface area (Å²) in [5.41, 5.74) is 0.488. The number of nitrogens with zero attached hydrogens (tertiary/aromatic N) is 3. The monoisotopic (exact) mass is 232 g/mol. The molecule has 4 nitrogen and oxygen atoms in total. The Labute approximate surface area is 102 Å². The molecule has 4 heteroatoms. The highest BCUT2D eigenvalue weighted by Crippen LogP contribution is 2.36. The molecule has 17 heavy (non-hydrogen) atoms. The quantitative estimate of drug-likeness (QED) is 0.795. The molecule has 92 valence electrons. The zero-order valence-corrected chi connectivity index (χ0v) is 10.2. The molecule has 0 saturated carbocycles. The van der Waals surface area contributed by atoms with Crippen molar-refractivity contribution >= 4 is 5.82 Å². The normalized spacial score (nSPS) is 29.5. The van der Waals surface area contributed by atoms with Crippen molar-refractivity contribution in [3.05, 3.63) is 18.6 Å². The lowest BCUT2D eigenvalue weighted by Crippen LogP contribution is -2.51. The van der Waals surface area contributed by atoms with Gasteiger partial charge in [0.05, 0.1) is 0 Å². The summed E-state index contributed by atoms with van der Waals surface area (Å²) in [7, 11) is 0. The van der Waals surface area contributed by atoms with Gasteiger partial charge in [-0.1, -0.05) is 0 Å². The van der Waals surface area contributed by atoms with Crippen LogP contribution in [0.2, 0.25) is 0 Å². The number of piperidine rings is 2. The summed E-state index contributed by atoms with van der Waals surface area (Å²) in [5, 5.41) is 3.56. The van der Waals surface area contributed by atoms with Gasteiger partial charge < -0.3 is 10.2 Å². The second-order valence-electron chi connectivity index (χ2n) is 5.37. The van der Waals surface area contributed by atoms with Gasteiger partial charge in [-0.3, -0.25) is 0 Å². The maximum absolute atomic E-state index is 4.37. The van der Waals surface area contributed by atoms with E-state index in [0.717, 1.165) is 18.9 Å². The van der Waals surface area contributed by atoms with E-state index in [2.05, 4.69) is 20.2 Å². The van der Waals surface area contributed by atoms with Gasteiger partial charge in [0.2, 0.25) is 0 Å². The number of aromatic nitrogens is 2. The maximum atomic E-state index is 4.37. The first-order valence-corrected chi connectivity index (χ1v) is 6.60. The van der Waals surface area contributed by atoms with E-state index >= 15 is 0 Å². The Morgan fingerprint density at radius 2 is 2.24 bits per heavy atom. The first kappa shape index (κ1) is 11.0. The third-order valence-electron chi connectivity index (χ3n) is 4.11. The highest BCUT2D eigenvalue weighted by atomic mass is 15.2. The zero-order chi connectivity index (χ0) is 11.6. The summed E-state index contributed by atoms with van der Waals surface area (Å²) >= 11 is 0. The van der Waals surface area contributed by atoms with Crippen LogP contribution >= 0.6 is 0 Å². The molecule has 1 aromatic rings. The van der Waals surface area contributed by atoms with Crippen molar-refractivity contribution in [3.8, 4) is 0 Å². The van der Waals surface area contributed by atoms with Crippen LogP contribution in [0.3, 0.4) is 0 Å². The lowest BCUT2D eigenvalue weighted by Gasteiger charge is -2.45. The Morgan fingerprint density at radius 3 is 3.00 bits per heavy atom. The molecule has 0 amide bonds. The molecule has 2 saturated heterocycles. The first-order valence-electron chi connectivity index (χ1n) is 6.60. The molecule has 0 aliphatic carbocycles. The van der Waals surface area contributed by atoms with Crippen LogP contribution in [0.1, 0.15) is 25.7 Å². The summed E-state index contributed by atoms with van der Waals surface area (Å²) in [6.07, 6.45) is 8.81. The Bertz CT molecular complexity index is 353. The summed E-state index contributed by atoms with van der Waals surface area (Å²) in [4.78, 5) is 10.8. The van der Waals surface area contributed by atoms with Crippen LogP contribution in [-0.4, -0.2) is 36.1 Å². The topological polar surface area (TPSA) is 41.0 Å². The Balaban J connectivity index is 1.75. The smallest absolute Gasteiger partial charge is 0.131 e. The molecule has 1 aromatic heterocycles. The molecule has 2 aliphatic rings. The SMILES string of the molecule is c1cc(N2CCCC3(CCCNC3)C2)ncn1. The molecule has 1 atom stereocenters. The standard InChI is InChI=1S/C13H20N4/c1-4-13(9-14-6-1)5-2-8-17(10-13)12-3-7-15-11-16-12/h3,7,11,14H,1-2,4-6,8-10H2. The van der Waals surface area contributed by atoms with E-state index in [1.165, 1.54) is 38.8 Å². The molecule has 1 spiro atoms. The molecule has 3 rings (SSSR count). The Morgan fingerprint density at radius 1 is 1.29 bits per heavy atom. The molecule has 1 unspecified atom stereocenters. The van der Waals surface area contributed by atoms with E-state index in [-0.39, 0.29) is 0 Å². The van der Waals surface area contributed by atoms with E-state index in [9.17, 15) is 0 Å². The number of hydrogen-bond acceptors (Lipinski definition) is 4. The lowest BCUT2D eigenvalue weighted by molar-refractivity contribution is 0.173. The molecular formula is C13H20N4. The van der Waals surface area contributed by atoms with E-state index in [0.29, 0.717) is 5.41 Å². The third-order valence-corrected chi connectivity index (χ3v) is 4.11. The van der Waals surface area contributed by atoms with Crippen molar-refractivity contribution in [3.63, 3.8) is 0 Å². The highest BCUT2D eigenvalue weighted by Gasteiger charge is 2.36. The summed E-state index contributed by atoms with van der Waals surface area (Å²) < 4.78 is 0. The van der Waals surface area contributed by atoms with E-state index in [4.69, 9.17) is 0 Å². The minimum atomic E-state index is 0.488. The van der Waals surface area contributed by atoms with Crippen molar-refractivity contribution in [1.82, 2.24) is 15.3 Å². The molecule has 2 aliphatic heterocycles. The Hall–Kier alpha value is -1.16. The van der Waals surface area contributed by atoms with Gasteiger partial charge in [0.1, 0.15) is 12.1 Å². The second kappa shape index (κ2) is 4.61. The first-order chi connectivity index (χ1) is 8.38. The second-order valence-corrected chi connectivity index (χ2v) is 5.37. The summed E-state index contributed by atoms with van der Waals surface area (Å²) in [6, 6.07) is 2.02. The third kappa shape index (κ3) is 2.27. The molecular weight excluding hydrogens is 212 g/mol. The highest BCUT2D eigenvalue weighted by molar-refractivity contribution is 5.37. The predicted octanol–water partition coefficient (Wildman–Crippen LogP) is 1.45. The van der Waals surface area contributed by atoms with E-state index < -0.39 is 0 Å². The van der Waals surface area contributed by atoms with Gasteiger partial charge in [-0.2, -0.15) is 0 Å². The van der Waals surface area contributed by atoms with Crippen LogP contribution in [0, 0.1) is 5.41 Å².